The van der Waals surface area contributed by atoms with Crippen LogP contribution in [0.1, 0.15) is 16.7 Å². The van der Waals surface area contributed by atoms with Gasteiger partial charge in [-0.05, 0) is 43.3 Å². The Balaban J connectivity index is 1.69. The van der Waals surface area contributed by atoms with Crippen molar-refractivity contribution in [2.24, 2.45) is 0 Å². The van der Waals surface area contributed by atoms with Gasteiger partial charge in [-0.25, -0.2) is 9.97 Å². The van der Waals surface area contributed by atoms with E-state index in [0.29, 0.717) is 5.82 Å². The highest BCUT2D eigenvalue weighted by Crippen LogP contribution is 2.26. The first kappa shape index (κ1) is 17.0. The minimum atomic E-state index is 0.675. The lowest BCUT2D eigenvalue weighted by atomic mass is 10.1. The Bertz CT molecular complexity index is 833. The molecular weight excluding hydrogens is 312 g/mol. The number of pyridine rings is 1. The Morgan fingerprint density at radius 2 is 1.76 bits per heavy atom. The number of ether oxygens (including phenoxy) is 1. The molecule has 3 aromatic rings. The molecule has 0 fully saturated rings. The number of methoxy groups -OCH3 is 1. The van der Waals surface area contributed by atoms with Gasteiger partial charge in [-0.2, -0.15) is 0 Å². The first-order valence-electron chi connectivity index (χ1n) is 8.19. The van der Waals surface area contributed by atoms with Crippen molar-refractivity contribution in [3.05, 3.63) is 71.8 Å². The van der Waals surface area contributed by atoms with Gasteiger partial charge in [-0.3, -0.25) is 9.88 Å². The average Bonchev–Trinajstić information content (AvgIpc) is 2.64. The van der Waals surface area contributed by atoms with E-state index in [-0.39, 0.29) is 0 Å². The third-order valence-corrected chi connectivity index (χ3v) is 4.08. The summed E-state index contributed by atoms with van der Waals surface area (Å²) in [6, 6.07) is 9.84. The fourth-order valence-electron chi connectivity index (χ4n) is 2.74. The highest BCUT2D eigenvalue weighted by atomic mass is 16.5. The van der Waals surface area contributed by atoms with Crippen molar-refractivity contribution < 1.29 is 4.74 Å². The summed E-state index contributed by atoms with van der Waals surface area (Å²) in [5, 5.41) is 0. The zero-order chi connectivity index (χ0) is 17.6. The molecule has 0 saturated carbocycles. The van der Waals surface area contributed by atoms with E-state index in [1.165, 1.54) is 11.1 Å². The molecule has 2 aromatic heterocycles. The molecule has 0 saturated heterocycles. The number of para-hydroxylation sites is 1. The van der Waals surface area contributed by atoms with E-state index in [2.05, 4.69) is 39.9 Å². The lowest BCUT2D eigenvalue weighted by Gasteiger charge is -2.17. The Kier molecular flexibility index (Phi) is 5.36. The Hall–Kier alpha value is -2.79. The molecule has 1 aromatic carbocycles. The van der Waals surface area contributed by atoms with Crippen LogP contribution in [0.5, 0.6) is 5.75 Å². The molecule has 128 valence electrons. The summed E-state index contributed by atoms with van der Waals surface area (Å²) in [6.45, 7) is 3.73. The van der Waals surface area contributed by atoms with E-state index in [1.807, 2.05) is 49.1 Å². The van der Waals surface area contributed by atoms with Gasteiger partial charge >= 0.3 is 0 Å². The van der Waals surface area contributed by atoms with Gasteiger partial charge < -0.3 is 4.74 Å². The van der Waals surface area contributed by atoms with Gasteiger partial charge in [0, 0.05) is 43.4 Å². The smallest absolute Gasteiger partial charge is 0.162 e. The largest absolute Gasteiger partial charge is 0.496 e. The van der Waals surface area contributed by atoms with Gasteiger partial charge in [0.25, 0.3) is 0 Å². The zero-order valence-corrected chi connectivity index (χ0v) is 14.8. The average molecular weight is 334 g/mol. The first-order valence-corrected chi connectivity index (χ1v) is 8.19. The van der Waals surface area contributed by atoms with Crippen LogP contribution >= 0.6 is 0 Å². The number of hydrogen-bond acceptors (Lipinski definition) is 5. The highest BCUT2D eigenvalue weighted by molar-refractivity contribution is 5.63. The second-order valence-corrected chi connectivity index (χ2v) is 6.09. The van der Waals surface area contributed by atoms with Gasteiger partial charge in [0.05, 0.1) is 12.7 Å². The number of aryl methyl sites for hydroxylation is 1. The van der Waals surface area contributed by atoms with E-state index >= 15 is 0 Å². The molecule has 0 unspecified atom stereocenters. The molecule has 0 amide bonds. The molecule has 0 spiro atoms. The molecule has 0 N–H and O–H groups in total. The summed E-state index contributed by atoms with van der Waals surface area (Å²) in [4.78, 5) is 15.4. The van der Waals surface area contributed by atoms with Crippen LogP contribution in [0.25, 0.3) is 11.4 Å². The maximum atomic E-state index is 5.38. The predicted octanol–water partition coefficient (Wildman–Crippen LogP) is 3.49. The van der Waals surface area contributed by atoms with Gasteiger partial charge in [-0.15, -0.1) is 0 Å². The van der Waals surface area contributed by atoms with Crippen LogP contribution in [0.2, 0.25) is 0 Å². The van der Waals surface area contributed by atoms with Crippen LogP contribution in [0.3, 0.4) is 0 Å². The molecule has 0 aliphatic heterocycles. The highest BCUT2D eigenvalue weighted by Gasteiger charge is 2.09. The van der Waals surface area contributed by atoms with E-state index in [9.17, 15) is 0 Å². The minimum absolute atomic E-state index is 0.675. The van der Waals surface area contributed by atoms with Gasteiger partial charge in [-0.1, -0.05) is 12.1 Å². The van der Waals surface area contributed by atoms with E-state index in [4.69, 9.17) is 4.74 Å². The van der Waals surface area contributed by atoms with Crippen LogP contribution in [-0.4, -0.2) is 34.0 Å². The SMILES string of the molecule is COc1ccccc1-c1ncc(CN(C)Cc2ccncc2C)cn1. The molecular formula is C20H22N4O. The Labute approximate surface area is 148 Å². The fraction of sp³-hybridized carbons (Fsp3) is 0.250. The molecule has 0 radical (unpaired) electrons. The van der Waals surface area contributed by atoms with Crippen LogP contribution in [0, 0.1) is 6.92 Å². The predicted molar refractivity (Wildman–Crippen MR) is 98.2 cm³/mol. The molecule has 3 rings (SSSR count). The van der Waals surface area contributed by atoms with Gasteiger partial charge in [0.15, 0.2) is 5.82 Å². The van der Waals surface area contributed by atoms with E-state index in [0.717, 1.165) is 30.0 Å². The number of nitrogens with zero attached hydrogens (tertiary/aromatic N) is 4. The molecule has 0 bridgehead atoms. The van der Waals surface area contributed by atoms with Crippen LogP contribution in [0.4, 0.5) is 0 Å². The lowest BCUT2D eigenvalue weighted by Crippen LogP contribution is -2.18. The maximum absolute atomic E-state index is 5.38. The molecule has 0 aliphatic carbocycles. The third kappa shape index (κ3) is 4.19. The van der Waals surface area contributed by atoms with Crippen LogP contribution in [-0.2, 0) is 13.1 Å². The van der Waals surface area contributed by atoms with Gasteiger partial charge in [0.1, 0.15) is 5.75 Å². The second kappa shape index (κ2) is 7.85. The molecule has 5 heteroatoms. The summed E-state index contributed by atoms with van der Waals surface area (Å²) in [5.74, 6) is 1.45. The summed E-state index contributed by atoms with van der Waals surface area (Å²) in [6.07, 6.45) is 7.49. The second-order valence-electron chi connectivity index (χ2n) is 6.09. The fourth-order valence-corrected chi connectivity index (χ4v) is 2.74. The quantitative estimate of drug-likeness (QED) is 0.691. The van der Waals surface area contributed by atoms with Crippen molar-refractivity contribution >= 4 is 0 Å². The van der Waals surface area contributed by atoms with Crippen molar-refractivity contribution in [1.29, 1.82) is 0 Å². The minimum Gasteiger partial charge on any atom is -0.496 e. The van der Waals surface area contributed by atoms with Crippen molar-refractivity contribution in [1.82, 2.24) is 19.9 Å². The zero-order valence-electron chi connectivity index (χ0n) is 14.8. The molecule has 25 heavy (non-hydrogen) atoms. The summed E-state index contributed by atoms with van der Waals surface area (Å²) in [5.41, 5.74) is 4.46. The summed E-state index contributed by atoms with van der Waals surface area (Å²) < 4.78 is 5.38. The number of hydrogen-bond donors (Lipinski definition) is 0. The molecule has 2 heterocycles. The van der Waals surface area contributed by atoms with Crippen molar-refractivity contribution in [3.63, 3.8) is 0 Å². The van der Waals surface area contributed by atoms with E-state index < -0.39 is 0 Å². The maximum Gasteiger partial charge on any atom is 0.162 e. The number of rotatable bonds is 6. The Morgan fingerprint density at radius 1 is 1.00 bits per heavy atom. The first-order chi connectivity index (χ1) is 12.2. The molecule has 0 aliphatic rings. The third-order valence-electron chi connectivity index (χ3n) is 4.08. The normalized spacial score (nSPS) is 10.9. The van der Waals surface area contributed by atoms with Crippen LogP contribution < -0.4 is 4.74 Å². The Morgan fingerprint density at radius 3 is 2.48 bits per heavy atom. The number of benzene rings is 1. The van der Waals surface area contributed by atoms with Gasteiger partial charge in [0.2, 0.25) is 0 Å². The monoisotopic (exact) mass is 334 g/mol. The topological polar surface area (TPSA) is 51.1 Å². The molecule has 5 nitrogen and oxygen atoms in total. The lowest BCUT2D eigenvalue weighted by molar-refractivity contribution is 0.317. The van der Waals surface area contributed by atoms with Crippen molar-refractivity contribution in [3.8, 4) is 17.1 Å². The summed E-state index contributed by atoms with van der Waals surface area (Å²) in [7, 11) is 3.75. The summed E-state index contributed by atoms with van der Waals surface area (Å²) >= 11 is 0. The molecule has 0 atom stereocenters. The number of aromatic nitrogens is 3. The standard InChI is InChI=1S/C20H22N4O/c1-15-10-21-9-8-17(15)14-24(2)13-16-11-22-20(23-12-16)18-6-4-5-7-19(18)25-3/h4-12H,13-14H2,1-3H3. The van der Waals surface area contributed by atoms with Crippen LogP contribution in [0.15, 0.2) is 55.1 Å². The van der Waals surface area contributed by atoms with Crippen molar-refractivity contribution in [2.45, 2.75) is 20.0 Å². The van der Waals surface area contributed by atoms with Crippen molar-refractivity contribution in [2.75, 3.05) is 14.2 Å². The van der Waals surface area contributed by atoms with E-state index in [1.54, 1.807) is 7.11 Å².